The van der Waals surface area contributed by atoms with Gasteiger partial charge in [0.05, 0.1) is 0 Å². The van der Waals surface area contributed by atoms with Crippen LogP contribution in [0.5, 0.6) is 0 Å². The van der Waals surface area contributed by atoms with Gasteiger partial charge in [-0.15, -0.1) is 0 Å². The highest BCUT2D eigenvalue weighted by Crippen LogP contribution is 2.17. The molecule has 0 spiro atoms. The first kappa shape index (κ1) is 15.3. The van der Waals surface area contributed by atoms with Crippen LogP contribution in [0.15, 0.2) is 18.2 Å². The van der Waals surface area contributed by atoms with Crippen molar-refractivity contribution < 1.29 is 9.90 Å². The molecule has 102 valence electrons. The molecule has 0 saturated carbocycles. The van der Waals surface area contributed by atoms with E-state index >= 15 is 0 Å². The van der Waals surface area contributed by atoms with Crippen LogP contribution in [0.4, 0.5) is 5.69 Å². The van der Waals surface area contributed by atoms with Gasteiger partial charge in [0.25, 0.3) is 0 Å². The van der Waals surface area contributed by atoms with Crippen molar-refractivity contribution in [3.05, 3.63) is 29.3 Å². The number of carbonyl (C=O) groups excluding carboxylic acids is 1. The minimum Gasteiger partial charge on any atom is -0.384 e. The van der Waals surface area contributed by atoms with E-state index in [0.29, 0.717) is 0 Å². The average molecular weight is 259 g/mol. The van der Waals surface area contributed by atoms with Crippen molar-refractivity contribution in [3.63, 3.8) is 0 Å². The van der Waals surface area contributed by atoms with Gasteiger partial charge in [0.15, 0.2) is 0 Å². The summed E-state index contributed by atoms with van der Waals surface area (Å²) in [5, 5.41) is 11.6. The Morgan fingerprint density at radius 3 is 2.58 bits per heavy atom. The third kappa shape index (κ3) is 4.42. The van der Waals surface area contributed by atoms with Gasteiger partial charge in [-0.25, -0.2) is 0 Å². The van der Waals surface area contributed by atoms with Gasteiger partial charge in [0.1, 0.15) is 6.61 Å². The van der Waals surface area contributed by atoms with Crippen molar-refractivity contribution >= 4 is 11.6 Å². The first-order valence-corrected chi connectivity index (χ1v) is 6.63. The summed E-state index contributed by atoms with van der Waals surface area (Å²) in [5.74, 6) is 5.63. The normalized spacial score (nSPS) is 9.95. The zero-order valence-corrected chi connectivity index (χ0v) is 11.8. The van der Waals surface area contributed by atoms with E-state index in [2.05, 4.69) is 17.2 Å². The van der Waals surface area contributed by atoms with E-state index in [-0.39, 0.29) is 18.4 Å². The molecule has 0 unspecified atom stereocenters. The van der Waals surface area contributed by atoms with E-state index in [9.17, 15) is 4.79 Å². The Morgan fingerprint density at radius 2 is 2.05 bits per heavy atom. The Kier molecular flexibility index (Phi) is 6.11. The van der Waals surface area contributed by atoms with Gasteiger partial charge in [-0.05, 0) is 43.5 Å². The standard InChI is InChI=1S/C16H21NO2/c1-4-13(5-2)16(19)17-15-9-8-14(7-6-10-18)12(3)11-15/h8-9,11,13,18H,4-5,10H2,1-3H3,(H,17,19). The largest absolute Gasteiger partial charge is 0.384 e. The summed E-state index contributed by atoms with van der Waals surface area (Å²) in [6, 6.07) is 5.61. The highest BCUT2D eigenvalue weighted by atomic mass is 16.2. The van der Waals surface area contributed by atoms with Gasteiger partial charge < -0.3 is 10.4 Å². The summed E-state index contributed by atoms with van der Waals surface area (Å²) in [5.41, 5.74) is 2.65. The molecule has 2 N–H and O–H groups in total. The summed E-state index contributed by atoms with van der Waals surface area (Å²) in [6.45, 7) is 5.83. The van der Waals surface area contributed by atoms with Gasteiger partial charge >= 0.3 is 0 Å². The summed E-state index contributed by atoms with van der Waals surface area (Å²) in [4.78, 5) is 12.0. The molecule has 1 aromatic carbocycles. The van der Waals surface area contributed by atoms with E-state index in [0.717, 1.165) is 29.7 Å². The van der Waals surface area contributed by atoms with Crippen LogP contribution in [0.1, 0.15) is 37.8 Å². The number of aliphatic hydroxyl groups is 1. The molecule has 0 radical (unpaired) electrons. The van der Waals surface area contributed by atoms with E-state index in [1.165, 1.54) is 0 Å². The van der Waals surface area contributed by atoms with Crippen LogP contribution in [0, 0.1) is 24.7 Å². The zero-order valence-electron chi connectivity index (χ0n) is 11.8. The van der Waals surface area contributed by atoms with Crippen LogP contribution < -0.4 is 5.32 Å². The lowest BCUT2D eigenvalue weighted by molar-refractivity contribution is -0.120. The molecule has 0 aliphatic rings. The maximum absolute atomic E-state index is 12.0. The van der Waals surface area contributed by atoms with E-state index < -0.39 is 0 Å². The molecule has 3 nitrogen and oxygen atoms in total. The number of carbonyl (C=O) groups is 1. The van der Waals surface area contributed by atoms with Crippen LogP contribution in [0.2, 0.25) is 0 Å². The highest BCUT2D eigenvalue weighted by molar-refractivity contribution is 5.92. The van der Waals surface area contributed by atoms with Gasteiger partial charge in [0, 0.05) is 17.2 Å². The number of benzene rings is 1. The number of nitrogens with one attached hydrogen (secondary N) is 1. The van der Waals surface area contributed by atoms with Crippen LogP contribution in [0.3, 0.4) is 0 Å². The van der Waals surface area contributed by atoms with Gasteiger partial charge in [-0.1, -0.05) is 25.7 Å². The van der Waals surface area contributed by atoms with Crippen molar-refractivity contribution in [2.24, 2.45) is 5.92 Å². The quantitative estimate of drug-likeness (QED) is 0.817. The first-order chi connectivity index (χ1) is 9.12. The average Bonchev–Trinajstić information content (AvgIpc) is 2.39. The van der Waals surface area contributed by atoms with Crippen molar-refractivity contribution in [2.75, 3.05) is 11.9 Å². The monoisotopic (exact) mass is 259 g/mol. The molecule has 1 rings (SSSR count). The Hall–Kier alpha value is -1.79. The number of rotatable bonds is 4. The van der Waals surface area contributed by atoms with Gasteiger partial charge in [0.2, 0.25) is 5.91 Å². The van der Waals surface area contributed by atoms with Crippen molar-refractivity contribution in [1.29, 1.82) is 0 Å². The second kappa shape index (κ2) is 7.60. The van der Waals surface area contributed by atoms with Crippen LogP contribution in [-0.4, -0.2) is 17.6 Å². The fourth-order valence-corrected chi connectivity index (χ4v) is 1.92. The number of aliphatic hydroxyl groups excluding tert-OH is 1. The summed E-state index contributed by atoms with van der Waals surface area (Å²) in [7, 11) is 0. The molecule has 0 bridgehead atoms. The smallest absolute Gasteiger partial charge is 0.227 e. The molecule has 0 saturated heterocycles. The number of hydrogen-bond acceptors (Lipinski definition) is 2. The maximum Gasteiger partial charge on any atom is 0.227 e. The predicted molar refractivity (Wildman–Crippen MR) is 77.8 cm³/mol. The third-order valence-electron chi connectivity index (χ3n) is 3.15. The number of anilines is 1. The fourth-order valence-electron chi connectivity index (χ4n) is 1.92. The summed E-state index contributed by atoms with van der Waals surface area (Å²) >= 11 is 0. The molecular formula is C16H21NO2. The molecule has 1 amide bonds. The molecule has 0 heterocycles. The number of aryl methyl sites for hydroxylation is 1. The van der Waals surface area contributed by atoms with E-state index in [1.807, 2.05) is 39.0 Å². The number of hydrogen-bond donors (Lipinski definition) is 2. The predicted octanol–water partition coefficient (Wildman–Crippen LogP) is 2.71. The lowest BCUT2D eigenvalue weighted by Gasteiger charge is -2.13. The SMILES string of the molecule is CCC(CC)C(=O)Nc1ccc(C#CCO)c(C)c1. The van der Waals surface area contributed by atoms with E-state index in [1.54, 1.807) is 0 Å². The van der Waals surface area contributed by atoms with Crippen LogP contribution >= 0.6 is 0 Å². The van der Waals surface area contributed by atoms with Crippen LogP contribution in [-0.2, 0) is 4.79 Å². The first-order valence-electron chi connectivity index (χ1n) is 6.63. The lowest BCUT2D eigenvalue weighted by atomic mass is 10.0. The highest BCUT2D eigenvalue weighted by Gasteiger charge is 2.14. The second-order valence-corrected chi connectivity index (χ2v) is 4.49. The minimum absolute atomic E-state index is 0.0640. The van der Waals surface area contributed by atoms with Crippen LogP contribution in [0.25, 0.3) is 0 Å². The van der Waals surface area contributed by atoms with Crippen molar-refractivity contribution in [2.45, 2.75) is 33.6 Å². The Morgan fingerprint density at radius 1 is 1.37 bits per heavy atom. The molecule has 0 aliphatic carbocycles. The molecular weight excluding hydrogens is 238 g/mol. The summed E-state index contributed by atoms with van der Waals surface area (Å²) < 4.78 is 0. The topological polar surface area (TPSA) is 49.3 Å². The van der Waals surface area contributed by atoms with Crippen molar-refractivity contribution in [3.8, 4) is 11.8 Å². The molecule has 0 aliphatic heterocycles. The summed E-state index contributed by atoms with van der Waals surface area (Å²) in [6.07, 6.45) is 1.70. The fraction of sp³-hybridized carbons (Fsp3) is 0.438. The second-order valence-electron chi connectivity index (χ2n) is 4.49. The number of amides is 1. The van der Waals surface area contributed by atoms with E-state index in [4.69, 9.17) is 5.11 Å². The molecule has 0 atom stereocenters. The Balaban J connectivity index is 2.81. The Labute approximate surface area is 115 Å². The molecule has 3 heteroatoms. The van der Waals surface area contributed by atoms with Crippen molar-refractivity contribution in [1.82, 2.24) is 0 Å². The molecule has 19 heavy (non-hydrogen) atoms. The maximum atomic E-state index is 12.0. The molecule has 0 aromatic heterocycles. The molecule has 1 aromatic rings. The molecule has 0 fully saturated rings. The third-order valence-corrected chi connectivity index (χ3v) is 3.15. The lowest BCUT2D eigenvalue weighted by Crippen LogP contribution is -2.21. The van der Waals surface area contributed by atoms with Gasteiger partial charge in [-0.2, -0.15) is 0 Å². The zero-order chi connectivity index (χ0) is 14.3. The minimum atomic E-state index is -0.146. The Bertz CT molecular complexity index is 493. The van der Waals surface area contributed by atoms with Gasteiger partial charge in [-0.3, -0.25) is 4.79 Å².